The number of halogens is 4. The number of fused-ring (bicyclic) bond motifs is 1. The van der Waals surface area contributed by atoms with Gasteiger partial charge in [0, 0.05) is 6.54 Å². The number of carbonyl (C=O) groups is 1. The van der Waals surface area contributed by atoms with Crippen molar-refractivity contribution in [3.63, 3.8) is 0 Å². The molecule has 3 rings (SSSR count). The topological polar surface area (TPSA) is 23.6 Å². The van der Waals surface area contributed by atoms with Gasteiger partial charge in [0.15, 0.2) is 5.11 Å². The van der Waals surface area contributed by atoms with Crippen LogP contribution in [-0.2, 0) is 11.0 Å². The number of benzene rings is 1. The van der Waals surface area contributed by atoms with Crippen molar-refractivity contribution in [3.05, 3.63) is 28.8 Å². The van der Waals surface area contributed by atoms with Crippen LogP contribution >= 0.6 is 23.8 Å². The Morgan fingerprint density at radius 2 is 2.05 bits per heavy atom. The maximum atomic E-state index is 13.0. The lowest BCUT2D eigenvalue weighted by molar-refractivity contribution is -0.137. The Hall–Kier alpha value is -1.34. The summed E-state index contributed by atoms with van der Waals surface area (Å²) in [5.41, 5.74) is -1.63. The van der Waals surface area contributed by atoms with Crippen molar-refractivity contribution in [2.24, 2.45) is 0 Å². The Balaban J connectivity index is 2.06. The van der Waals surface area contributed by atoms with Crippen LogP contribution in [0.5, 0.6) is 0 Å². The Morgan fingerprint density at radius 3 is 2.64 bits per heavy atom. The fraction of sp³-hybridized carbons (Fsp3) is 0.429. The van der Waals surface area contributed by atoms with E-state index in [1.54, 1.807) is 11.8 Å². The number of amides is 1. The molecule has 118 valence electrons. The van der Waals surface area contributed by atoms with Gasteiger partial charge < -0.3 is 4.90 Å². The van der Waals surface area contributed by atoms with Gasteiger partial charge in [0.25, 0.3) is 5.91 Å². The van der Waals surface area contributed by atoms with E-state index in [-0.39, 0.29) is 16.7 Å². The summed E-state index contributed by atoms with van der Waals surface area (Å²) < 4.78 is 39.0. The minimum atomic E-state index is -4.59. The number of hydrogen-bond acceptors (Lipinski definition) is 2. The molecule has 2 aliphatic rings. The van der Waals surface area contributed by atoms with Crippen LogP contribution in [-0.4, -0.2) is 28.0 Å². The van der Waals surface area contributed by atoms with E-state index in [2.05, 4.69) is 0 Å². The molecule has 0 bridgehead atoms. The Kier molecular flexibility index (Phi) is 3.41. The molecule has 0 radical (unpaired) electrons. The van der Waals surface area contributed by atoms with Crippen LogP contribution in [0, 0.1) is 0 Å². The van der Waals surface area contributed by atoms with Gasteiger partial charge in [-0.25, -0.2) is 0 Å². The van der Waals surface area contributed by atoms with Gasteiger partial charge in [-0.1, -0.05) is 11.6 Å². The quantitative estimate of drug-likeness (QED) is 0.720. The molecule has 0 unspecified atom stereocenters. The Bertz CT molecular complexity index is 679. The highest BCUT2D eigenvalue weighted by Gasteiger charge is 2.55. The number of anilines is 1. The van der Waals surface area contributed by atoms with Gasteiger partial charge in [-0.15, -0.1) is 0 Å². The van der Waals surface area contributed by atoms with Crippen LogP contribution in [0.2, 0.25) is 5.02 Å². The number of carbonyl (C=O) groups excluding carboxylic acids is 1. The zero-order valence-corrected chi connectivity index (χ0v) is 13.1. The summed E-state index contributed by atoms with van der Waals surface area (Å²) in [6.07, 6.45) is -3.11. The average molecular weight is 349 g/mol. The number of rotatable bonds is 1. The molecule has 0 saturated carbocycles. The highest BCUT2D eigenvalue weighted by Crippen LogP contribution is 2.42. The van der Waals surface area contributed by atoms with E-state index in [0.717, 1.165) is 18.6 Å². The lowest BCUT2D eigenvalue weighted by Gasteiger charge is -2.23. The normalized spacial score (nSPS) is 25.1. The van der Waals surface area contributed by atoms with Gasteiger partial charge >= 0.3 is 6.18 Å². The van der Waals surface area contributed by atoms with Crippen LogP contribution in [0.4, 0.5) is 18.9 Å². The fourth-order valence-corrected chi connectivity index (χ4v) is 3.74. The van der Waals surface area contributed by atoms with Gasteiger partial charge in [-0.2, -0.15) is 13.2 Å². The number of thiocarbonyl (C=S) groups is 1. The minimum Gasteiger partial charge on any atom is -0.334 e. The van der Waals surface area contributed by atoms with E-state index in [1.807, 2.05) is 0 Å². The second-order valence-electron chi connectivity index (χ2n) is 5.61. The number of nitrogens with zero attached hydrogens (tertiary/aromatic N) is 2. The van der Waals surface area contributed by atoms with E-state index < -0.39 is 22.3 Å². The summed E-state index contributed by atoms with van der Waals surface area (Å²) in [6, 6.07) is 3.40. The van der Waals surface area contributed by atoms with Crippen LogP contribution in [0.3, 0.4) is 0 Å². The maximum Gasteiger partial charge on any atom is 0.417 e. The van der Waals surface area contributed by atoms with E-state index >= 15 is 0 Å². The van der Waals surface area contributed by atoms with Gasteiger partial charge in [0.2, 0.25) is 0 Å². The molecule has 0 aliphatic carbocycles. The third kappa shape index (κ3) is 2.10. The van der Waals surface area contributed by atoms with E-state index in [9.17, 15) is 18.0 Å². The summed E-state index contributed by atoms with van der Waals surface area (Å²) in [4.78, 5) is 15.6. The van der Waals surface area contributed by atoms with Crippen LogP contribution in [0.25, 0.3) is 0 Å². The van der Waals surface area contributed by atoms with E-state index in [1.165, 1.54) is 11.0 Å². The lowest BCUT2D eigenvalue weighted by atomic mass is 9.99. The van der Waals surface area contributed by atoms with Crippen LogP contribution < -0.4 is 4.90 Å². The van der Waals surface area contributed by atoms with Crippen molar-refractivity contribution < 1.29 is 18.0 Å². The third-order valence-electron chi connectivity index (χ3n) is 4.24. The minimum absolute atomic E-state index is 0.0994. The first-order valence-electron chi connectivity index (χ1n) is 6.69. The standard InChI is InChI=1S/C14H12ClF3N2OS/c1-13-5-2-6-19(13)12(22)20(11(13)21)8-3-4-10(15)9(7-8)14(16,17)18/h3-4,7H,2,5-6H2,1H3/t13-/m0/s1. The molecule has 0 N–H and O–H groups in total. The molecule has 2 aliphatic heterocycles. The molecule has 3 nitrogen and oxygen atoms in total. The summed E-state index contributed by atoms with van der Waals surface area (Å²) in [7, 11) is 0. The van der Waals surface area contributed by atoms with Gasteiger partial charge in [0.1, 0.15) is 5.54 Å². The predicted molar refractivity (Wildman–Crippen MR) is 80.9 cm³/mol. The van der Waals surface area contributed by atoms with Gasteiger partial charge in [-0.3, -0.25) is 9.69 Å². The zero-order chi connectivity index (χ0) is 16.3. The smallest absolute Gasteiger partial charge is 0.334 e. The molecule has 1 aromatic rings. The van der Waals surface area contributed by atoms with Crippen molar-refractivity contribution in [2.45, 2.75) is 31.5 Å². The van der Waals surface area contributed by atoms with Crippen molar-refractivity contribution >= 4 is 40.5 Å². The molecular weight excluding hydrogens is 337 g/mol. The van der Waals surface area contributed by atoms with E-state index in [0.29, 0.717) is 13.0 Å². The highest BCUT2D eigenvalue weighted by molar-refractivity contribution is 7.80. The summed E-state index contributed by atoms with van der Waals surface area (Å²) in [5, 5.41) is -0.152. The number of hydrogen-bond donors (Lipinski definition) is 0. The molecule has 8 heteroatoms. The van der Waals surface area contributed by atoms with Crippen molar-refractivity contribution in [2.75, 3.05) is 11.4 Å². The van der Waals surface area contributed by atoms with E-state index in [4.69, 9.17) is 23.8 Å². The molecule has 1 atom stereocenters. The molecule has 22 heavy (non-hydrogen) atoms. The molecule has 0 aromatic heterocycles. The monoisotopic (exact) mass is 348 g/mol. The number of alkyl halides is 3. The molecule has 2 saturated heterocycles. The predicted octanol–water partition coefficient (Wildman–Crippen LogP) is 3.84. The molecular formula is C14H12ClF3N2OS. The first-order chi connectivity index (χ1) is 10.2. The van der Waals surface area contributed by atoms with Crippen molar-refractivity contribution in [1.29, 1.82) is 0 Å². The molecule has 2 fully saturated rings. The third-order valence-corrected chi connectivity index (χ3v) is 4.97. The first kappa shape index (κ1) is 15.6. The molecule has 1 amide bonds. The lowest BCUT2D eigenvalue weighted by Crippen LogP contribution is -2.41. The second-order valence-corrected chi connectivity index (χ2v) is 6.39. The van der Waals surface area contributed by atoms with Crippen molar-refractivity contribution in [1.82, 2.24) is 4.90 Å². The fourth-order valence-electron chi connectivity index (χ4n) is 3.04. The zero-order valence-electron chi connectivity index (χ0n) is 11.6. The highest BCUT2D eigenvalue weighted by atomic mass is 35.5. The van der Waals surface area contributed by atoms with Crippen LogP contribution in [0.15, 0.2) is 18.2 Å². The summed E-state index contributed by atoms with van der Waals surface area (Å²) in [6.45, 7) is 2.41. The largest absolute Gasteiger partial charge is 0.417 e. The van der Waals surface area contributed by atoms with Gasteiger partial charge in [0.05, 0.1) is 16.3 Å². The van der Waals surface area contributed by atoms with Crippen molar-refractivity contribution in [3.8, 4) is 0 Å². The first-order valence-corrected chi connectivity index (χ1v) is 7.48. The van der Waals surface area contributed by atoms with Gasteiger partial charge in [-0.05, 0) is 50.2 Å². The summed E-state index contributed by atoms with van der Waals surface area (Å²) in [5.74, 6) is -0.287. The average Bonchev–Trinajstić information content (AvgIpc) is 2.89. The Morgan fingerprint density at radius 1 is 1.36 bits per heavy atom. The summed E-state index contributed by atoms with van der Waals surface area (Å²) >= 11 is 10.9. The second kappa shape index (κ2) is 4.83. The molecule has 1 aromatic carbocycles. The maximum absolute atomic E-state index is 13.0. The SMILES string of the molecule is C[C@@]12CCCN1C(=S)N(c1ccc(Cl)c(C(F)(F)F)c1)C2=O. The molecule has 0 spiro atoms. The van der Waals surface area contributed by atoms with Crippen LogP contribution in [0.1, 0.15) is 25.3 Å². The molecule has 2 heterocycles. The Labute approximate surface area is 135 Å².